The van der Waals surface area contributed by atoms with E-state index in [-0.39, 0.29) is 31.1 Å². The standard InChI is InChI=1S/C68H120O6/c1-4-7-10-13-16-18-20-22-24-25-26-27-28-29-30-31-32-33-34-35-36-37-38-39-40-41-42-43-45-46-48-50-52-55-58-61-67(70)73-64-65(63-72-66(69)60-57-54-15-12-9-6-3)74-68(71)62-59-56-53-51-49-47-44-23-21-19-17-14-11-8-5-2/h7,10,16-19,22-24,26-27,44,65H,4-6,8-9,11-15,20-21,25,28-43,45-64H2,1-3H3/b10-7-,18-16-,19-17-,24-22-,27-26-,44-23-. The van der Waals surface area contributed by atoms with E-state index < -0.39 is 6.10 Å². The number of hydrogen-bond donors (Lipinski definition) is 0. The number of ether oxygens (including phenoxy) is 3. The number of carbonyl (C=O) groups excluding carboxylic acids is 3. The molecule has 0 aromatic carbocycles. The molecule has 6 nitrogen and oxygen atoms in total. The Kier molecular flexibility index (Phi) is 59.7. The van der Waals surface area contributed by atoms with E-state index in [2.05, 4.69) is 93.7 Å². The highest BCUT2D eigenvalue weighted by Gasteiger charge is 2.19. The summed E-state index contributed by atoms with van der Waals surface area (Å²) in [6, 6.07) is 0. The van der Waals surface area contributed by atoms with Crippen LogP contribution in [0.4, 0.5) is 0 Å². The Morgan fingerprint density at radius 3 is 0.851 bits per heavy atom. The fourth-order valence-electron chi connectivity index (χ4n) is 9.17. The molecule has 0 saturated heterocycles. The Bertz CT molecular complexity index is 1370. The molecular weight excluding hydrogens is 913 g/mol. The van der Waals surface area contributed by atoms with Crippen molar-refractivity contribution in [3.63, 3.8) is 0 Å². The third-order valence-corrected chi connectivity index (χ3v) is 13.9. The zero-order chi connectivity index (χ0) is 53.6. The molecule has 0 saturated carbocycles. The molecule has 0 fully saturated rings. The van der Waals surface area contributed by atoms with Crippen LogP contribution in [0.1, 0.15) is 323 Å². The minimum atomic E-state index is -0.776. The van der Waals surface area contributed by atoms with Gasteiger partial charge in [-0.15, -0.1) is 0 Å². The summed E-state index contributed by atoms with van der Waals surface area (Å²) in [6.45, 7) is 6.46. The molecule has 0 bridgehead atoms. The van der Waals surface area contributed by atoms with E-state index in [9.17, 15) is 14.4 Å². The first-order valence-corrected chi connectivity index (χ1v) is 31.9. The highest BCUT2D eigenvalue weighted by Crippen LogP contribution is 2.17. The highest BCUT2D eigenvalue weighted by molar-refractivity contribution is 5.71. The predicted octanol–water partition coefficient (Wildman–Crippen LogP) is 21.7. The lowest BCUT2D eigenvalue weighted by Crippen LogP contribution is -2.30. The van der Waals surface area contributed by atoms with Crippen molar-refractivity contribution in [1.82, 2.24) is 0 Å². The van der Waals surface area contributed by atoms with Crippen LogP contribution in [0.15, 0.2) is 72.9 Å². The molecule has 0 aliphatic carbocycles. The van der Waals surface area contributed by atoms with Gasteiger partial charge in [-0.05, 0) is 89.9 Å². The summed E-state index contributed by atoms with van der Waals surface area (Å²) in [7, 11) is 0. The Hall–Kier alpha value is -3.15. The first-order valence-electron chi connectivity index (χ1n) is 31.9. The van der Waals surface area contributed by atoms with E-state index >= 15 is 0 Å². The smallest absolute Gasteiger partial charge is 0.306 e. The number of carbonyl (C=O) groups is 3. The fourth-order valence-corrected chi connectivity index (χ4v) is 9.17. The first kappa shape index (κ1) is 70.8. The Balaban J connectivity index is 3.92. The summed E-state index contributed by atoms with van der Waals surface area (Å²) in [5.41, 5.74) is 0. The molecule has 0 aliphatic rings. The van der Waals surface area contributed by atoms with Crippen molar-refractivity contribution in [3.8, 4) is 0 Å². The molecule has 0 aromatic rings. The van der Waals surface area contributed by atoms with Gasteiger partial charge in [0, 0.05) is 19.3 Å². The predicted molar refractivity (Wildman–Crippen MR) is 321 cm³/mol. The Morgan fingerprint density at radius 2 is 0.527 bits per heavy atom. The molecule has 1 atom stereocenters. The molecule has 0 radical (unpaired) electrons. The lowest BCUT2D eigenvalue weighted by Gasteiger charge is -2.18. The van der Waals surface area contributed by atoms with Crippen molar-refractivity contribution in [2.24, 2.45) is 0 Å². The average Bonchev–Trinajstić information content (AvgIpc) is 3.40. The largest absolute Gasteiger partial charge is 0.462 e. The molecule has 0 amide bonds. The van der Waals surface area contributed by atoms with Crippen molar-refractivity contribution in [1.29, 1.82) is 0 Å². The summed E-state index contributed by atoms with van der Waals surface area (Å²) < 4.78 is 16.8. The Morgan fingerprint density at radius 1 is 0.284 bits per heavy atom. The summed E-state index contributed by atoms with van der Waals surface area (Å²) >= 11 is 0. The van der Waals surface area contributed by atoms with E-state index in [1.54, 1.807) is 0 Å². The molecule has 74 heavy (non-hydrogen) atoms. The maximum Gasteiger partial charge on any atom is 0.306 e. The fraction of sp³-hybridized carbons (Fsp3) is 0.779. The monoisotopic (exact) mass is 1030 g/mol. The molecule has 6 heteroatoms. The highest BCUT2D eigenvalue weighted by atomic mass is 16.6. The third-order valence-electron chi connectivity index (χ3n) is 13.9. The van der Waals surface area contributed by atoms with Crippen molar-refractivity contribution < 1.29 is 28.6 Å². The van der Waals surface area contributed by atoms with E-state index in [1.807, 2.05) is 0 Å². The van der Waals surface area contributed by atoms with E-state index in [4.69, 9.17) is 14.2 Å². The second kappa shape index (κ2) is 62.4. The molecule has 0 heterocycles. The first-order chi connectivity index (χ1) is 36.5. The quantitative estimate of drug-likeness (QED) is 0.0261. The van der Waals surface area contributed by atoms with Crippen LogP contribution in [-0.4, -0.2) is 37.2 Å². The Labute approximate surface area is 459 Å². The number of unbranched alkanes of at least 4 members (excludes halogenated alkanes) is 35. The van der Waals surface area contributed by atoms with Gasteiger partial charge in [0.2, 0.25) is 0 Å². The molecule has 0 aliphatic heterocycles. The molecule has 0 rings (SSSR count). The van der Waals surface area contributed by atoms with Crippen LogP contribution in [0.25, 0.3) is 0 Å². The van der Waals surface area contributed by atoms with E-state index in [1.165, 1.54) is 173 Å². The second-order valence-electron chi connectivity index (χ2n) is 21.3. The normalized spacial score (nSPS) is 12.5. The van der Waals surface area contributed by atoms with Crippen LogP contribution >= 0.6 is 0 Å². The molecule has 0 N–H and O–H groups in total. The zero-order valence-electron chi connectivity index (χ0n) is 49.1. The van der Waals surface area contributed by atoms with Gasteiger partial charge < -0.3 is 14.2 Å². The molecular formula is C68H120O6. The van der Waals surface area contributed by atoms with Gasteiger partial charge in [0.05, 0.1) is 0 Å². The summed E-state index contributed by atoms with van der Waals surface area (Å²) in [4.78, 5) is 37.9. The zero-order valence-corrected chi connectivity index (χ0v) is 49.1. The van der Waals surface area contributed by atoms with Crippen LogP contribution in [-0.2, 0) is 28.6 Å². The summed E-state index contributed by atoms with van der Waals surface area (Å²) in [5, 5.41) is 0. The summed E-state index contributed by atoms with van der Waals surface area (Å²) in [5.74, 6) is -0.887. The topological polar surface area (TPSA) is 78.9 Å². The van der Waals surface area contributed by atoms with Crippen molar-refractivity contribution in [2.75, 3.05) is 13.2 Å². The van der Waals surface area contributed by atoms with Gasteiger partial charge in [0.1, 0.15) is 13.2 Å². The van der Waals surface area contributed by atoms with Crippen molar-refractivity contribution in [3.05, 3.63) is 72.9 Å². The number of rotatable bonds is 58. The lowest BCUT2D eigenvalue weighted by atomic mass is 10.0. The maximum absolute atomic E-state index is 12.8. The second-order valence-corrected chi connectivity index (χ2v) is 21.3. The molecule has 1 unspecified atom stereocenters. The van der Waals surface area contributed by atoms with Gasteiger partial charge in [-0.3, -0.25) is 14.4 Å². The molecule has 0 aromatic heterocycles. The maximum atomic E-state index is 12.8. The SMILES string of the molecule is CC/C=C\C/C=C\C/C=C\C/C=C\CCCCCCCCCCCCCCCCCCCCCCCCC(=O)OCC(COC(=O)CCCCCCCC)OC(=O)CCCCCCC/C=C\C/C=C\CCCCC. The minimum Gasteiger partial charge on any atom is -0.462 e. The van der Waals surface area contributed by atoms with Crippen molar-refractivity contribution in [2.45, 2.75) is 329 Å². The molecule has 428 valence electrons. The van der Waals surface area contributed by atoms with Crippen LogP contribution in [0.5, 0.6) is 0 Å². The van der Waals surface area contributed by atoms with Gasteiger partial charge in [-0.2, -0.15) is 0 Å². The molecule has 0 spiro atoms. The van der Waals surface area contributed by atoms with E-state index in [0.717, 1.165) is 109 Å². The number of allylic oxidation sites excluding steroid dienone is 12. The van der Waals surface area contributed by atoms with Gasteiger partial charge in [-0.1, -0.05) is 286 Å². The summed E-state index contributed by atoms with van der Waals surface area (Å²) in [6.07, 6.45) is 81.1. The van der Waals surface area contributed by atoms with Crippen LogP contribution < -0.4 is 0 Å². The number of esters is 3. The number of hydrogen-bond acceptors (Lipinski definition) is 6. The van der Waals surface area contributed by atoms with Gasteiger partial charge in [0.15, 0.2) is 6.10 Å². The lowest BCUT2D eigenvalue weighted by molar-refractivity contribution is -0.167. The van der Waals surface area contributed by atoms with Crippen LogP contribution in [0.2, 0.25) is 0 Å². The van der Waals surface area contributed by atoms with E-state index in [0.29, 0.717) is 19.3 Å². The minimum absolute atomic E-state index is 0.0765. The van der Waals surface area contributed by atoms with Gasteiger partial charge in [0.25, 0.3) is 0 Å². The third kappa shape index (κ3) is 59.7. The van der Waals surface area contributed by atoms with Gasteiger partial charge >= 0.3 is 17.9 Å². The van der Waals surface area contributed by atoms with Crippen LogP contribution in [0.3, 0.4) is 0 Å². The van der Waals surface area contributed by atoms with Gasteiger partial charge in [-0.25, -0.2) is 0 Å². The van der Waals surface area contributed by atoms with Crippen molar-refractivity contribution >= 4 is 17.9 Å². The average molecular weight is 1030 g/mol. The van der Waals surface area contributed by atoms with Crippen LogP contribution in [0, 0.1) is 0 Å².